The van der Waals surface area contributed by atoms with Crippen LogP contribution in [-0.2, 0) is 0 Å². The molecule has 100 valence electrons. The molecule has 2 heteroatoms. The number of rotatable bonds is 4. The van der Waals surface area contributed by atoms with E-state index < -0.39 is 0 Å². The zero-order chi connectivity index (χ0) is 12.4. The average Bonchev–Trinajstić information content (AvgIpc) is 2.82. The van der Waals surface area contributed by atoms with Crippen LogP contribution in [0.15, 0.2) is 0 Å². The standard InChI is InChI=1S/C15H29NO/c1-3-14(2)8-10-16(11-9-14)12-15(13-17)6-4-5-7-15/h17H,3-13H2,1-2H3. The summed E-state index contributed by atoms with van der Waals surface area (Å²) in [5, 5.41) is 9.67. The van der Waals surface area contributed by atoms with Crippen molar-refractivity contribution in [1.82, 2.24) is 4.90 Å². The fourth-order valence-electron chi connectivity index (χ4n) is 3.57. The van der Waals surface area contributed by atoms with Crippen molar-refractivity contribution < 1.29 is 5.11 Å². The lowest BCUT2D eigenvalue weighted by Gasteiger charge is -2.42. The maximum atomic E-state index is 9.67. The molecule has 0 amide bonds. The van der Waals surface area contributed by atoms with Crippen LogP contribution in [0.3, 0.4) is 0 Å². The molecule has 17 heavy (non-hydrogen) atoms. The van der Waals surface area contributed by atoms with Crippen LogP contribution < -0.4 is 0 Å². The van der Waals surface area contributed by atoms with E-state index in [-0.39, 0.29) is 5.41 Å². The number of hydrogen-bond acceptors (Lipinski definition) is 2. The third-order valence-corrected chi connectivity index (χ3v) is 5.48. The molecule has 2 aliphatic rings. The maximum Gasteiger partial charge on any atom is 0.0499 e. The minimum absolute atomic E-state index is 0.250. The molecule has 0 unspecified atom stereocenters. The predicted molar refractivity (Wildman–Crippen MR) is 72.1 cm³/mol. The van der Waals surface area contributed by atoms with Gasteiger partial charge in [0, 0.05) is 18.6 Å². The number of nitrogens with zero attached hydrogens (tertiary/aromatic N) is 1. The van der Waals surface area contributed by atoms with Crippen LogP contribution in [0, 0.1) is 10.8 Å². The summed E-state index contributed by atoms with van der Waals surface area (Å²) in [5.41, 5.74) is 0.832. The molecule has 2 rings (SSSR count). The number of aliphatic hydroxyl groups is 1. The number of piperidine rings is 1. The summed E-state index contributed by atoms with van der Waals surface area (Å²) < 4.78 is 0. The van der Waals surface area contributed by atoms with E-state index >= 15 is 0 Å². The van der Waals surface area contributed by atoms with Gasteiger partial charge in [0.05, 0.1) is 0 Å². The first-order valence-corrected chi connectivity index (χ1v) is 7.45. The molecule has 2 nitrogen and oxygen atoms in total. The Hall–Kier alpha value is -0.0800. The second-order valence-electron chi connectivity index (χ2n) is 6.81. The van der Waals surface area contributed by atoms with E-state index in [0.29, 0.717) is 12.0 Å². The fourth-order valence-corrected chi connectivity index (χ4v) is 3.57. The molecule has 2 fully saturated rings. The second kappa shape index (κ2) is 5.27. The summed E-state index contributed by atoms with van der Waals surface area (Å²) in [6, 6.07) is 0. The van der Waals surface area contributed by atoms with Crippen molar-refractivity contribution in [3.8, 4) is 0 Å². The van der Waals surface area contributed by atoms with Gasteiger partial charge in [-0.2, -0.15) is 0 Å². The zero-order valence-electron chi connectivity index (χ0n) is 11.7. The highest BCUT2D eigenvalue weighted by molar-refractivity contribution is 4.89. The van der Waals surface area contributed by atoms with E-state index in [2.05, 4.69) is 18.7 Å². The lowest BCUT2D eigenvalue weighted by molar-refractivity contribution is 0.0420. The first-order chi connectivity index (χ1) is 8.11. The highest BCUT2D eigenvalue weighted by atomic mass is 16.3. The lowest BCUT2D eigenvalue weighted by Crippen LogP contribution is -2.44. The first kappa shape index (κ1) is 13.4. The van der Waals surface area contributed by atoms with Crippen LogP contribution in [0.2, 0.25) is 0 Å². The van der Waals surface area contributed by atoms with Gasteiger partial charge in [0.2, 0.25) is 0 Å². The van der Waals surface area contributed by atoms with Crippen molar-refractivity contribution in [2.75, 3.05) is 26.2 Å². The SMILES string of the molecule is CCC1(C)CCN(CC2(CO)CCCC2)CC1. The van der Waals surface area contributed by atoms with Crippen molar-refractivity contribution in [2.45, 2.75) is 58.8 Å². The lowest BCUT2D eigenvalue weighted by atomic mass is 9.77. The predicted octanol–water partition coefficient (Wildman–Crippen LogP) is 3.05. The van der Waals surface area contributed by atoms with Gasteiger partial charge >= 0.3 is 0 Å². The van der Waals surface area contributed by atoms with Crippen molar-refractivity contribution in [1.29, 1.82) is 0 Å². The van der Waals surface area contributed by atoms with Gasteiger partial charge in [0.15, 0.2) is 0 Å². The molecule has 1 heterocycles. The van der Waals surface area contributed by atoms with Crippen molar-refractivity contribution >= 4 is 0 Å². The van der Waals surface area contributed by atoms with Crippen molar-refractivity contribution in [2.24, 2.45) is 10.8 Å². The van der Waals surface area contributed by atoms with E-state index in [0.717, 1.165) is 6.54 Å². The van der Waals surface area contributed by atoms with E-state index in [4.69, 9.17) is 0 Å². The molecule has 0 aromatic carbocycles. The maximum absolute atomic E-state index is 9.67. The molecular weight excluding hydrogens is 210 g/mol. The third-order valence-electron chi connectivity index (χ3n) is 5.48. The molecule has 0 bridgehead atoms. The van der Waals surface area contributed by atoms with Crippen LogP contribution in [0.5, 0.6) is 0 Å². The Kier molecular flexibility index (Phi) is 4.14. The fraction of sp³-hybridized carbons (Fsp3) is 1.00. The van der Waals surface area contributed by atoms with Crippen LogP contribution in [0.1, 0.15) is 58.8 Å². The van der Waals surface area contributed by atoms with Crippen LogP contribution >= 0.6 is 0 Å². The summed E-state index contributed by atoms with van der Waals surface area (Å²) in [5.74, 6) is 0. The molecule has 1 aliphatic carbocycles. The quantitative estimate of drug-likeness (QED) is 0.815. The van der Waals surface area contributed by atoms with E-state index in [1.165, 1.54) is 58.0 Å². The Balaban J connectivity index is 1.85. The van der Waals surface area contributed by atoms with E-state index in [1.807, 2.05) is 0 Å². The van der Waals surface area contributed by atoms with Gasteiger partial charge in [-0.1, -0.05) is 33.1 Å². The van der Waals surface area contributed by atoms with Gasteiger partial charge in [0.1, 0.15) is 0 Å². The Morgan fingerprint density at radius 3 is 2.12 bits per heavy atom. The van der Waals surface area contributed by atoms with Crippen molar-refractivity contribution in [3.05, 3.63) is 0 Å². The summed E-state index contributed by atoms with van der Waals surface area (Å²) in [6.07, 6.45) is 9.11. The number of likely N-dealkylation sites (tertiary alicyclic amines) is 1. The molecule has 1 N–H and O–H groups in total. The smallest absolute Gasteiger partial charge is 0.0499 e. The van der Waals surface area contributed by atoms with Gasteiger partial charge in [0.25, 0.3) is 0 Å². The van der Waals surface area contributed by atoms with Crippen LogP contribution in [0.25, 0.3) is 0 Å². The Labute approximate surface area is 106 Å². The van der Waals surface area contributed by atoms with E-state index in [9.17, 15) is 5.11 Å². The molecule has 0 atom stereocenters. The molecule has 0 radical (unpaired) electrons. The van der Waals surface area contributed by atoms with E-state index in [1.54, 1.807) is 0 Å². The summed E-state index contributed by atoms with van der Waals surface area (Å²) in [4.78, 5) is 2.61. The monoisotopic (exact) mass is 239 g/mol. The first-order valence-electron chi connectivity index (χ1n) is 7.45. The van der Waals surface area contributed by atoms with Gasteiger partial charge < -0.3 is 10.0 Å². The van der Waals surface area contributed by atoms with Gasteiger partial charge in [-0.15, -0.1) is 0 Å². The van der Waals surface area contributed by atoms with Crippen LogP contribution in [0.4, 0.5) is 0 Å². The highest BCUT2D eigenvalue weighted by Gasteiger charge is 2.37. The molecule has 0 spiro atoms. The summed E-state index contributed by atoms with van der Waals surface area (Å²) in [6.45, 7) is 8.78. The Bertz CT molecular complexity index is 237. The van der Waals surface area contributed by atoms with Crippen molar-refractivity contribution in [3.63, 3.8) is 0 Å². The van der Waals surface area contributed by atoms with Gasteiger partial charge in [-0.05, 0) is 44.2 Å². The van der Waals surface area contributed by atoms with Gasteiger partial charge in [-0.25, -0.2) is 0 Å². The molecule has 1 saturated heterocycles. The minimum Gasteiger partial charge on any atom is -0.396 e. The highest BCUT2D eigenvalue weighted by Crippen LogP contribution is 2.40. The minimum atomic E-state index is 0.250. The normalized spacial score (nSPS) is 28.4. The van der Waals surface area contributed by atoms with Crippen LogP contribution in [-0.4, -0.2) is 36.2 Å². The summed E-state index contributed by atoms with van der Waals surface area (Å²) in [7, 11) is 0. The molecule has 1 saturated carbocycles. The average molecular weight is 239 g/mol. The molecule has 0 aromatic rings. The molecular formula is C15H29NO. The largest absolute Gasteiger partial charge is 0.396 e. The topological polar surface area (TPSA) is 23.5 Å². The number of hydrogen-bond donors (Lipinski definition) is 1. The molecule has 0 aromatic heterocycles. The Morgan fingerprint density at radius 1 is 1.06 bits per heavy atom. The second-order valence-corrected chi connectivity index (χ2v) is 6.81. The Morgan fingerprint density at radius 2 is 1.65 bits per heavy atom. The number of aliphatic hydroxyl groups excluding tert-OH is 1. The van der Waals surface area contributed by atoms with Gasteiger partial charge in [-0.3, -0.25) is 0 Å². The summed E-state index contributed by atoms with van der Waals surface area (Å²) >= 11 is 0. The third kappa shape index (κ3) is 3.03. The molecule has 1 aliphatic heterocycles. The zero-order valence-corrected chi connectivity index (χ0v) is 11.7.